The van der Waals surface area contributed by atoms with Crippen molar-refractivity contribution in [2.45, 2.75) is 13.5 Å². The van der Waals surface area contributed by atoms with Gasteiger partial charge in [0.05, 0.1) is 6.61 Å². The van der Waals surface area contributed by atoms with E-state index in [1.165, 1.54) is 5.56 Å². The Bertz CT molecular complexity index is 181. The van der Waals surface area contributed by atoms with Crippen molar-refractivity contribution in [2.24, 2.45) is 0 Å². The lowest BCUT2D eigenvalue weighted by Crippen LogP contribution is -1.97. The Morgan fingerprint density at radius 3 is 2.89 bits per heavy atom. The van der Waals surface area contributed by atoms with E-state index in [4.69, 9.17) is 5.11 Å². The molecule has 0 amide bonds. The Kier molecular flexibility index (Phi) is 1.90. The maximum atomic E-state index is 8.51. The zero-order chi connectivity index (χ0) is 6.69. The molecule has 50 valence electrons. The molecule has 0 aromatic carbocycles. The molecule has 0 bridgehead atoms. The summed E-state index contributed by atoms with van der Waals surface area (Å²) in [6, 6.07) is 2.02. The largest absolute Gasteiger partial charge is 0.395 e. The van der Waals surface area contributed by atoms with Crippen molar-refractivity contribution >= 4 is 0 Å². The molecule has 0 atom stereocenters. The molecule has 0 saturated heterocycles. The van der Waals surface area contributed by atoms with Crippen molar-refractivity contribution in [2.75, 3.05) is 6.61 Å². The summed E-state index contributed by atoms with van der Waals surface area (Å²) in [7, 11) is 0. The van der Waals surface area contributed by atoms with E-state index in [9.17, 15) is 0 Å². The quantitative estimate of drug-likeness (QED) is 0.621. The summed E-state index contributed by atoms with van der Waals surface area (Å²) in [5.41, 5.74) is 1.24. The fourth-order valence-electron chi connectivity index (χ4n) is 0.815. The molecule has 1 heterocycles. The molecule has 0 saturated carbocycles. The predicted molar refractivity (Wildman–Crippen MR) is 36.3 cm³/mol. The number of aliphatic hydroxyl groups excluding tert-OH is 1. The van der Waals surface area contributed by atoms with Crippen LogP contribution in [0.3, 0.4) is 0 Å². The van der Waals surface area contributed by atoms with Crippen LogP contribution in [0.4, 0.5) is 0 Å². The van der Waals surface area contributed by atoms with Gasteiger partial charge in [0.1, 0.15) is 0 Å². The van der Waals surface area contributed by atoms with Gasteiger partial charge in [-0.15, -0.1) is 0 Å². The maximum absolute atomic E-state index is 8.51. The highest BCUT2D eigenvalue weighted by molar-refractivity contribution is 5.06. The molecule has 9 heavy (non-hydrogen) atoms. The Labute approximate surface area is 54.7 Å². The second-order valence-corrected chi connectivity index (χ2v) is 2.15. The molecular weight excluding hydrogens is 114 g/mol. The highest BCUT2D eigenvalue weighted by Gasteiger charge is 1.87. The molecule has 0 unspecified atom stereocenters. The number of rotatable bonds is 2. The zero-order valence-electron chi connectivity index (χ0n) is 5.54. The molecule has 0 radical (unpaired) electrons. The number of aromatic nitrogens is 1. The van der Waals surface area contributed by atoms with Crippen LogP contribution >= 0.6 is 0 Å². The third-order valence-electron chi connectivity index (χ3n) is 1.26. The number of nitrogens with zero attached hydrogens (tertiary/aromatic N) is 1. The molecule has 0 aliphatic rings. The van der Waals surface area contributed by atoms with Gasteiger partial charge in [-0.2, -0.15) is 0 Å². The minimum absolute atomic E-state index is 0.216. The summed E-state index contributed by atoms with van der Waals surface area (Å²) < 4.78 is 1.97. The first-order chi connectivity index (χ1) is 4.33. The van der Waals surface area contributed by atoms with E-state index in [1.807, 2.05) is 30.0 Å². The van der Waals surface area contributed by atoms with Crippen molar-refractivity contribution < 1.29 is 5.11 Å². The van der Waals surface area contributed by atoms with E-state index in [0.717, 1.165) is 0 Å². The normalized spacial score (nSPS) is 10.0. The van der Waals surface area contributed by atoms with Gasteiger partial charge in [-0.05, 0) is 18.6 Å². The summed E-state index contributed by atoms with van der Waals surface area (Å²) in [6.07, 6.45) is 3.97. The van der Waals surface area contributed by atoms with Gasteiger partial charge in [-0.25, -0.2) is 0 Å². The lowest BCUT2D eigenvalue weighted by molar-refractivity contribution is 0.276. The Morgan fingerprint density at radius 2 is 2.44 bits per heavy atom. The molecule has 0 aliphatic heterocycles. The lowest BCUT2D eigenvalue weighted by Gasteiger charge is -1.95. The van der Waals surface area contributed by atoms with Crippen molar-refractivity contribution in [3.8, 4) is 0 Å². The monoisotopic (exact) mass is 125 g/mol. The van der Waals surface area contributed by atoms with Gasteiger partial charge < -0.3 is 9.67 Å². The van der Waals surface area contributed by atoms with Crippen LogP contribution in [0.15, 0.2) is 18.5 Å². The zero-order valence-corrected chi connectivity index (χ0v) is 5.54. The van der Waals surface area contributed by atoms with Crippen molar-refractivity contribution in [3.05, 3.63) is 24.0 Å². The first-order valence-corrected chi connectivity index (χ1v) is 3.06. The maximum Gasteiger partial charge on any atom is 0.0610 e. The highest BCUT2D eigenvalue weighted by Crippen LogP contribution is 1.96. The Morgan fingerprint density at radius 1 is 1.67 bits per heavy atom. The lowest BCUT2D eigenvalue weighted by atomic mass is 10.4. The van der Waals surface area contributed by atoms with Crippen molar-refractivity contribution in [3.63, 3.8) is 0 Å². The Balaban J connectivity index is 2.61. The smallest absolute Gasteiger partial charge is 0.0610 e. The summed E-state index contributed by atoms with van der Waals surface area (Å²) >= 11 is 0. The van der Waals surface area contributed by atoms with E-state index in [2.05, 4.69) is 0 Å². The molecule has 0 aliphatic carbocycles. The fraction of sp³-hybridized carbons (Fsp3) is 0.429. The van der Waals surface area contributed by atoms with Crippen LogP contribution in [0, 0.1) is 6.92 Å². The van der Waals surface area contributed by atoms with Crippen LogP contribution in [0.1, 0.15) is 5.56 Å². The number of hydrogen-bond acceptors (Lipinski definition) is 1. The second kappa shape index (κ2) is 2.69. The van der Waals surface area contributed by atoms with E-state index in [1.54, 1.807) is 0 Å². The Hall–Kier alpha value is -0.760. The molecule has 1 N–H and O–H groups in total. The van der Waals surface area contributed by atoms with Gasteiger partial charge in [0.25, 0.3) is 0 Å². The topological polar surface area (TPSA) is 25.2 Å². The fourth-order valence-corrected chi connectivity index (χ4v) is 0.815. The van der Waals surface area contributed by atoms with Crippen LogP contribution < -0.4 is 0 Å². The van der Waals surface area contributed by atoms with E-state index in [0.29, 0.717) is 6.54 Å². The minimum atomic E-state index is 0.216. The van der Waals surface area contributed by atoms with Crippen LogP contribution in [-0.2, 0) is 6.54 Å². The van der Waals surface area contributed by atoms with Crippen molar-refractivity contribution in [1.82, 2.24) is 4.57 Å². The molecule has 1 aromatic rings. The first-order valence-electron chi connectivity index (χ1n) is 3.06. The summed E-state index contributed by atoms with van der Waals surface area (Å²) in [6.45, 7) is 2.95. The van der Waals surface area contributed by atoms with Gasteiger partial charge in [0.15, 0.2) is 0 Å². The van der Waals surface area contributed by atoms with Gasteiger partial charge in [-0.3, -0.25) is 0 Å². The van der Waals surface area contributed by atoms with E-state index < -0.39 is 0 Å². The number of hydrogen-bond donors (Lipinski definition) is 1. The number of aryl methyl sites for hydroxylation is 1. The summed E-state index contributed by atoms with van der Waals surface area (Å²) in [5.74, 6) is 0. The molecule has 0 fully saturated rings. The highest BCUT2D eigenvalue weighted by atomic mass is 16.3. The minimum Gasteiger partial charge on any atom is -0.395 e. The second-order valence-electron chi connectivity index (χ2n) is 2.15. The average Bonchev–Trinajstić information content (AvgIpc) is 2.17. The van der Waals surface area contributed by atoms with Crippen LogP contribution in [0.5, 0.6) is 0 Å². The first kappa shape index (κ1) is 6.36. The third kappa shape index (κ3) is 1.57. The molecule has 2 heteroatoms. The average molecular weight is 125 g/mol. The van der Waals surface area contributed by atoms with Gasteiger partial charge in [-0.1, -0.05) is 0 Å². The van der Waals surface area contributed by atoms with Gasteiger partial charge in [0, 0.05) is 18.9 Å². The van der Waals surface area contributed by atoms with Gasteiger partial charge >= 0.3 is 0 Å². The molecular formula is C7H11NO. The third-order valence-corrected chi connectivity index (χ3v) is 1.26. The van der Waals surface area contributed by atoms with E-state index in [-0.39, 0.29) is 6.61 Å². The van der Waals surface area contributed by atoms with Gasteiger partial charge in [0.2, 0.25) is 0 Å². The summed E-state index contributed by atoms with van der Waals surface area (Å²) in [4.78, 5) is 0. The summed E-state index contributed by atoms with van der Waals surface area (Å²) in [5, 5.41) is 8.51. The SMILES string of the molecule is Cc1ccn(CCO)c1. The standard InChI is InChI=1S/C7H11NO/c1-7-2-3-8(6-7)4-5-9/h2-3,6,9H,4-5H2,1H3. The number of aliphatic hydroxyl groups is 1. The molecule has 0 spiro atoms. The van der Waals surface area contributed by atoms with Crippen LogP contribution in [0.2, 0.25) is 0 Å². The molecule has 1 rings (SSSR count). The van der Waals surface area contributed by atoms with E-state index >= 15 is 0 Å². The predicted octanol–water partition coefficient (Wildman–Crippen LogP) is 0.789. The van der Waals surface area contributed by atoms with Crippen LogP contribution in [0.25, 0.3) is 0 Å². The van der Waals surface area contributed by atoms with Crippen molar-refractivity contribution in [1.29, 1.82) is 0 Å². The van der Waals surface area contributed by atoms with Crippen LogP contribution in [-0.4, -0.2) is 16.3 Å². The molecule has 1 aromatic heterocycles. The molecule has 2 nitrogen and oxygen atoms in total.